The molecule has 7 rings (SSSR count). The second-order valence-electron chi connectivity index (χ2n) is 17.1. The summed E-state index contributed by atoms with van der Waals surface area (Å²) < 4.78 is 32.2. The number of hydrogen-bond acceptors (Lipinski definition) is 18. The normalized spacial score (nSPS) is 16.9. The van der Waals surface area contributed by atoms with Crippen molar-refractivity contribution in [3.63, 3.8) is 0 Å². The van der Waals surface area contributed by atoms with Crippen LogP contribution in [0.1, 0.15) is 76.9 Å². The Kier molecular flexibility index (Phi) is 18.5. The Morgan fingerprint density at radius 1 is 0.512 bits per heavy atom. The Morgan fingerprint density at radius 2 is 0.887 bits per heavy atom. The number of methoxy groups -OCH3 is 2. The highest BCUT2D eigenvalue weighted by molar-refractivity contribution is 7.12. The van der Waals surface area contributed by atoms with Gasteiger partial charge in [-0.3, -0.25) is 19.2 Å². The molecule has 0 radical (unpaired) electrons. The fourth-order valence-corrected chi connectivity index (χ4v) is 10.1. The van der Waals surface area contributed by atoms with Gasteiger partial charge in [-0.25, -0.2) is 28.8 Å². The van der Waals surface area contributed by atoms with Crippen LogP contribution in [0.4, 0.5) is 21.0 Å². The number of carboxylic acids is 2. The van der Waals surface area contributed by atoms with E-state index in [2.05, 4.69) is 31.9 Å². The third-order valence-electron chi connectivity index (χ3n) is 12.3. The van der Waals surface area contributed by atoms with E-state index in [0.717, 1.165) is 22.7 Å². The van der Waals surface area contributed by atoms with Gasteiger partial charge >= 0.3 is 47.9 Å². The summed E-state index contributed by atoms with van der Waals surface area (Å²) in [5, 5.41) is 41.7. The van der Waals surface area contributed by atoms with Gasteiger partial charge in [0.15, 0.2) is 34.1 Å². The smallest absolute Gasteiger partial charge is 0.353 e. The standard InChI is InChI=1S/C54H50N6O18S2/c1-5-75-41(61)27-55-51(71)57-33-17-11-29(12-18-33)45(63)59-53(49(67)68)43(31-15-21-35(37(25-31)73-3)77-47(65)39-9-7-23-79-39)54(50(69)70,44(53)32-16-22-36(38(26-32)74-4)78-48(66)40-10-8-24-80-40)60-46(64)30-13-19-34(20-14-30)58-52(72)56-28-42(62)76-6-2/h7-26,43-44H,5-6,27-28H2,1-4H3,(H,59,63)(H,60,64)(H,67,68)(H,69,70)(H2,55,57,71)(H2,56,58,72). The molecule has 1 saturated carbocycles. The fraction of sp³-hybridized carbons (Fsp3) is 0.222. The molecular formula is C54H50N6O18S2. The minimum absolute atomic E-state index is 0.0866. The highest BCUT2D eigenvalue weighted by Crippen LogP contribution is 2.64. The van der Waals surface area contributed by atoms with Crippen molar-refractivity contribution in [2.24, 2.45) is 0 Å². The number of aliphatic carboxylic acids is 2. The highest BCUT2D eigenvalue weighted by Gasteiger charge is 2.80. The van der Waals surface area contributed by atoms with E-state index in [4.69, 9.17) is 28.4 Å². The molecule has 8 N–H and O–H groups in total. The van der Waals surface area contributed by atoms with Gasteiger partial charge in [-0.2, -0.15) is 0 Å². The molecule has 4 aromatic carbocycles. The first-order valence-corrected chi connectivity index (χ1v) is 25.7. The number of carbonyl (C=O) groups is 10. The molecule has 2 aromatic heterocycles. The van der Waals surface area contributed by atoms with Crippen molar-refractivity contribution in [3.8, 4) is 23.0 Å². The number of carboxylic acid groups (broad SMARTS) is 2. The lowest BCUT2D eigenvalue weighted by Crippen LogP contribution is -2.86. The number of anilines is 2. The van der Waals surface area contributed by atoms with Crippen molar-refractivity contribution < 1.29 is 86.6 Å². The number of ether oxygens (including phenoxy) is 6. The number of nitrogens with one attached hydrogen (secondary N) is 6. The van der Waals surface area contributed by atoms with Crippen LogP contribution in [0.5, 0.6) is 23.0 Å². The maximum atomic E-state index is 14.8. The van der Waals surface area contributed by atoms with Crippen LogP contribution in [0.3, 0.4) is 0 Å². The van der Waals surface area contributed by atoms with Gasteiger partial charge in [-0.15, -0.1) is 22.7 Å². The summed E-state index contributed by atoms with van der Waals surface area (Å²) in [6.45, 7) is 2.46. The monoisotopic (exact) mass is 1130 g/mol. The number of benzene rings is 4. The number of rotatable bonds is 22. The lowest BCUT2D eigenvalue weighted by molar-refractivity contribution is -0.171. The molecule has 2 heterocycles. The molecule has 1 fully saturated rings. The van der Waals surface area contributed by atoms with Crippen LogP contribution in [-0.4, -0.2) is 122 Å². The first-order chi connectivity index (χ1) is 38.4. The van der Waals surface area contributed by atoms with Crippen molar-refractivity contribution in [3.05, 3.63) is 152 Å². The van der Waals surface area contributed by atoms with E-state index in [-0.39, 0.29) is 79.6 Å². The predicted molar refractivity (Wildman–Crippen MR) is 286 cm³/mol. The maximum absolute atomic E-state index is 14.8. The number of thiophene rings is 2. The molecule has 0 aliphatic heterocycles. The molecule has 416 valence electrons. The minimum atomic E-state index is -2.81. The zero-order chi connectivity index (χ0) is 57.7. The molecule has 26 heteroatoms. The van der Waals surface area contributed by atoms with Crippen molar-refractivity contribution in [1.82, 2.24) is 21.3 Å². The van der Waals surface area contributed by atoms with Gasteiger partial charge < -0.3 is 70.5 Å². The molecule has 24 nitrogen and oxygen atoms in total. The van der Waals surface area contributed by atoms with E-state index in [1.807, 2.05) is 0 Å². The number of amides is 6. The van der Waals surface area contributed by atoms with Crippen LogP contribution < -0.4 is 50.8 Å². The Morgan fingerprint density at radius 3 is 1.20 bits per heavy atom. The molecular weight excluding hydrogens is 1080 g/mol. The zero-order valence-electron chi connectivity index (χ0n) is 42.8. The molecule has 1 aliphatic carbocycles. The number of urea groups is 2. The summed E-state index contributed by atoms with van der Waals surface area (Å²) in [5.74, 6) is -13.6. The third kappa shape index (κ3) is 12.6. The molecule has 0 bridgehead atoms. The third-order valence-corrected chi connectivity index (χ3v) is 14.0. The van der Waals surface area contributed by atoms with Gasteiger partial charge in [-0.05, 0) is 121 Å². The lowest BCUT2D eigenvalue weighted by atomic mass is 9.43. The SMILES string of the molecule is CCOC(=O)CNC(=O)Nc1ccc(C(=O)NC2(C(=O)O)C(c3ccc(OC(=O)c4cccs4)c(OC)c3)C(NC(=O)c3ccc(NC(=O)NCC(=O)OCC)cc3)(C(=O)O)C2c2ccc(OC(=O)c3cccs3)c(OC)c2)cc1. The molecule has 0 atom stereocenters. The van der Waals surface area contributed by atoms with Crippen LogP contribution in [0.15, 0.2) is 120 Å². The molecule has 80 heavy (non-hydrogen) atoms. The second kappa shape index (κ2) is 25.6. The van der Waals surface area contributed by atoms with Gasteiger partial charge in [0, 0.05) is 22.5 Å². The van der Waals surface area contributed by atoms with Gasteiger partial charge in [0.1, 0.15) is 22.8 Å². The average molecular weight is 1140 g/mol. The quantitative estimate of drug-likeness (QED) is 0.0284. The molecule has 0 unspecified atom stereocenters. The van der Waals surface area contributed by atoms with Crippen LogP contribution >= 0.6 is 22.7 Å². The van der Waals surface area contributed by atoms with Gasteiger partial charge in [0.25, 0.3) is 11.8 Å². The summed E-state index contributed by atoms with van der Waals surface area (Å²) in [6, 6.07) is 22.0. The summed E-state index contributed by atoms with van der Waals surface area (Å²) in [5.41, 5.74) is -6.14. The van der Waals surface area contributed by atoms with E-state index < -0.39 is 95.7 Å². The van der Waals surface area contributed by atoms with Crippen LogP contribution in [0, 0.1) is 0 Å². The number of esters is 4. The number of hydrogen-bond donors (Lipinski definition) is 8. The van der Waals surface area contributed by atoms with E-state index >= 15 is 0 Å². The van der Waals surface area contributed by atoms with Gasteiger partial charge in [-0.1, -0.05) is 24.3 Å². The van der Waals surface area contributed by atoms with Crippen LogP contribution in [0.2, 0.25) is 0 Å². The van der Waals surface area contributed by atoms with Gasteiger partial charge in [0.2, 0.25) is 0 Å². The summed E-state index contributed by atoms with van der Waals surface area (Å²) in [7, 11) is 2.40. The molecule has 6 aromatic rings. The topological polar surface area (TPSA) is 339 Å². The first-order valence-electron chi connectivity index (χ1n) is 24.0. The van der Waals surface area contributed by atoms with Crippen molar-refractivity contribution in [1.29, 1.82) is 0 Å². The summed E-state index contributed by atoms with van der Waals surface area (Å²) >= 11 is 2.17. The fourth-order valence-electron chi connectivity index (χ4n) is 8.89. The average Bonchev–Trinajstić information content (AvgIpc) is 1.91. The summed E-state index contributed by atoms with van der Waals surface area (Å²) in [6.07, 6.45) is 0. The van der Waals surface area contributed by atoms with E-state index in [0.29, 0.717) is 0 Å². The van der Waals surface area contributed by atoms with E-state index in [1.54, 1.807) is 36.7 Å². The Bertz CT molecular complexity index is 3090. The Hall–Kier alpha value is -9.82. The second-order valence-corrected chi connectivity index (χ2v) is 19.0. The Labute approximate surface area is 462 Å². The minimum Gasteiger partial charge on any atom is -0.493 e. The largest absolute Gasteiger partial charge is 0.493 e. The van der Waals surface area contributed by atoms with Crippen molar-refractivity contribution >= 4 is 93.7 Å². The maximum Gasteiger partial charge on any atom is 0.353 e. The van der Waals surface area contributed by atoms with Crippen LogP contribution in [0.25, 0.3) is 0 Å². The lowest BCUT2D eigenvalue weighted by Gasteiger charge is -2.64. The number of carbonyl (C=O) groups excluding carboxylic acids is 8. The first kappa shape index (κ1) is 57.9. The van der Waals surface area contributed by atoms with Gasteiger partial charge in [0.05, 0.1) is 39.3 Å². The van der Waals surface area contributed by atoms with Crippen molar-refractivity contribution in [2.75, 3.05) is 51.2 Å². The predicted octanol–water partition coefficient (Wildman–Crippen LogP) is 6.02. The molecule has 1 aliphatic rings. The van der Waals surface area contributed by atoms with Crippen LogP contribution in [-0.2, 0) is 28.7 Å². The molecule has 6 amide bonds. The summed E-state index contributed by atoms with van der Waals surface area (Å²) in [4.78, 5) is 134. The van der Waals surface area contributed by atoms with E-state index in [1.165, 1.54) is 111 Å². The zero-order valence-corrected chi connectivity index (χ0v) is 44.4. The van der Waals surface area contributed by atoms with Crippen molar-refractivity contribution in [2.45, 2.75) is 36.8 Å². The van der Waals surface area contributed by atoms with E-state index in [9.17, 15) is 58.2 Å². The Balaban J connectivity index is 1.36. The highest BCUT2D eigenvalue weighted by atomic mass is 32.1. The molecule has 0 saturated heterocycles. The molecule has 0 spiro atoms.